The molecule has 0 radical (unpaired) electrons. The standard InChI is InChI=1S/C18H18F2N2O/c19-14-6-8-16(9-7-14)21-17-5-2-10-22(12-17)18(23)13-3-1-4-15(20)11-13/h1,3-4,6-9,11,17,21H,2,5,10,12H2/t17-/m0/s1. The molecule has 2 aromatic rings. The Morgan fingerprint density at radius 1 is 1.09 bits per heavy atom. The van der Waals surface area contributed by atoms with Crippen LogP contribution in [0.2, 0.25) is 0 Å². The Kier molecular flexibility index (Phi) is 4.55. The third kappa shape index (κ3) is 3.86. The quantitative estimate of drug-likeness (QED) is 0.937. The van der Waals surface area contributed by atoms with Crippen LogP contribution in [0.15, 0.2) is 48.5 Å². The Hall–Kier alpha value is -2.43. The van der Waals surface area contributed by atoms with E-state index in [1.165, 1.54) is 24.3 Å². The predicted octanol–water partition coefficient (Wildman–Crippen LogP) is 3.68. The molecular formula is C18H18F2N2O. The molecule has 0 unspecified atom stereocenters. The number of carbonyl (C=O) groups excluding carboxylic acids is 1. The third-order valence-electron chi connectivity index (χ3n) is 4.00. The number of nitrogens with zero attached hydrogens (tertiary/aromatic N) is 1. The number of piperidine rings is 1. The second-order valence-electron chi connectivity index (χ2n) is 5.75. The van der Waals surface area contributed by atoms with Gasteiger partial charge in [-0.1, -0.05) is 6.07 Å². The van der Waals surface area contributed by atoms with E-state index in [2.05, 4.69) is 5.32 Å². The zero-order valence-corrected chi connectivity index (χ0v) is 12.6. The summed E-state index contributed by atoms with van der Waals surface area (Å²) in [5, 5.41) is 3.32. The van der Waals surface area contributed by atoms with Crippen molar-refractivity contribution in [3.8, 4) is 0 Å². The summed E-state index contributed by atoms with van der Waals surface area (Å²) >= 11 is 0. The molecule has 23 heavy (non-hydrogen) atoms. The van der Waals surface area contributed by atoms with Crippen molar-refractivity contribution in [1.82, 2.24) is 4.90 Å². The van der Waals surface area contributed by atoms with Gasteiger partial charge in [0.1, 0.15) is 11.6 Å². The molecule has 0 aliphatic carbocycles. The number of amides is 1. The van der Waals surface area contributed by atoms with Gasteiger partial charge in [0.15, 0.2) is 0 Å². The summed E-state index contributed by atoms with van der Waals surface area (Å²) in [6.45, 7) is 1.21. The maximum Gasteiger partial charge on any atom is 0.254 e. The second kappa shape index (κ2) is 6.77. The van der Waals surface area contributed by atoms with E-state index in [1.807, 2.05) is 0 Å². The molecule has 1 fully saturated rings. The van der Waals surface area contributed by atoms with Gasteiger partial charge in [-0.05, 0) is 55.3 Å². The highest BCUT2D eigenvalue weighted by atomic mass is 19.1. The number of carbonyl (C=O) groups is 1. The van der Waals surface area contributed by atoms with E-state index in [4.69, 9.17) is 0 Å². The molecule has 1 N–H and O–H groups in total. The Morgan fingerprint density at radius 3 is 2.61 bits per heavy atom. The Labute approximate surface area is 133 Å². The number of hydrogen-bond acceptors (Lipinski definition) is 2. The van der Waals surface area contributed by atoms with E-state index in [0.717, 1.165) is 18.5 Å². The van der Waals surface area contributed by atoms with Gasteiger partial charge < -0.3 is 10.2 Å². The minimum absolute atomic E-state index is 0.103. The maximum atomic E-state index is 13.3. The van der Waals surface area contributed by atoms with Crippen LogP contribution in [-0.4, -0.2) is 29.9 Å². The second-order valence-corrected chi connectivity index (χ2v) is 5.75. The third-order valence-corrected chi connectivity index (χ3v) is 4.00. The first kappa shape index (κ1) is 15.5. The number of benzene rings is 2. The lowest BCUT2D eigenvalue weighted by molar-refractivity contribution is 0.0714. The summed E-state index contributed by atoms with van der Waals surface area (Å²) in [5.41, 5.74) is 1.20. The van der Waals surface area contributed by atoms with Crippen LogP contribution in [0, 0.1) is 11.6 Å². The Bertz CT molecular complexity index is 688. The van der Waals surface area contributed by atoms with Crippen molar-refractivity contribution in [2.75, 3.05) is 18.4 Å². The van der Waals surface area contributed by atoms with Crippen molar-refractivity contribution >= 4 is 11.6 Å². The van der Waals surface area contributed by atoms with Gasteiger partial charge in [-0.15, -0.1) is 0 Å². The van der Waals surface area contributed by atoms with E-state index < -0.39 is 5.82 Å². The summed E-state index contributed by atoms with van der Waals surface area (Å²) in [5.74, 6) is -0.842. The van der Waals surface area contributed by atoms with Crippen molar-refractivity contribution in [3.05, 3.63) is 65.7 Å². The lowest BCUT2D eigenvalue weighted by Gasteiger charge is -2.33. The van der Waals surface area contributed by atoms with Crippen LogP contribution in [0.3, 0.4) is 0 Å². The fourth-order valence-electron chi connectivity index (χ4n) is 2.87. The number of nitrogens with one attached hydrogen (secondary N) is 1. The van der Waals surface area contributed by atoms with E-state index in [-0.39, 0.29) is 17.8 Å². The molecular weight excluding hydrogens is 298 g/mol. The summed E-state index contributed by atoms with van der Waals surface area (Å²) < 4.78 is 26.2. The highest BCUT2D eigenvalue weighted by Gasteiger charge is 2.24. The van der Waals surface area contributed by atoms with Crippen molar-refractivity contribution in [3.63, 3.8) is 0 Å². The normalized spacial score (nSPS) is 17.8. The molecule has 3 rings (SSSR count). The van der Waals surface area contributed by atoms with Gasteiger partial charge in [-0.2, -0.15) is 0 Å². The molecule has 5 heteroatoms. The molecule has 2 aromatic carbocycles. The molecule has 0 saturated carbocycles. The lowest BCUT2D eigenvalue weighted by Crippen LogP contribution is -2.45. The highest BCUT2D eigenvalue weighted by molar-refractivity contribution is 5.94. The largest absolute Gasteiger partial charge is 0.381 e. The molecule has 1 aliphatic rings. The Balaban J connectivity index is 1.66. The van der Waals surface area contributed by atoms with E-state index in [1.54, 1.807) is 29.2 Å². The van der Waals surface area contributed by atoms with Crippen molar-refractivity contribution < 1.29 is 13.6 Å². The summed E-state index contributed by atoms with van der Waals surface area (Å²) in [6.07, 6.45) is 1.81. The van der Waals surface area contributed by atoms with Crippen LogP contribution in [0.25, 0.3) is 0 Å². The van der Waals surface area contributed by atoms with Crippen molar-refractivity contribution in [2.45, 2.75) is 18.9 Å². The van der Waals surface area contributed by atoms with Crippen molar-refractivity contribution in [2.24, 2.45) is 0 Å². The first-order valence-electron chi connectivity index (χ1n) is 7.69. The molecule has 1 saturated heterocycles. The minimum Gasteiger partial charge on any atom is -0.381 e. The van der Waals surface area contributed by atoms with Crippen LogP contribution in [0.5, 0.6) is 0 Å². The number of likely N-dealkylation sites (tertiary alicyclic amines) is 1. The van der Waals surface area contributed by atoms with Gasteiger partial charge >= 0.3 is 0 Å². The molecule has 0 spiro atoms. The molecule has 120 valence electrons. The fourth-order valence-corrected chi connectivity index (χ4v) is 2.87. The topological polar surface area (TPSA) is 32.3 Å². The van der Waals surface area contributed by atoms with Gasteiger partial charge in [0.2, 0.25) is 0 Å². The summed E-state index contributed by atoms with van der Waals surface area (Å²) in [7, 11) is 0. The van der Waals surface area contributed by atoms with Crippen LogP contribution in [0.1, 0.15) is 23.2 Å². The van der Waals surface area contributed by atoms with Gasteiger partial charge in [-0.25, -0.2) is 8.78 Å². The van der Waals surface area contributed by atoms with Gasteiger partial charge in [0.05, 0.1) is 0 Å². The first-order valence-corrected chi connectivity index (χ1v) is 7.69. The van der Waals surface area contributed by atoms with Crippen LogP contribution in [0.4, 0.5) is 14.5 Å². The van der Waals surface area contributed by atoms with Crippen LogP contribution >= 0.6 is 0 Å². The molecule has 0 bridgehead atoms. The summed E-state index contributed by atoms with van der Waals surface area (Å²) in [4.78, 5) is 14.2. The van der Waals surface area contributed by atoms with Gasteiger partial charge in [0, 0.05) is 30.4 Å². The van der Waals surface area contributed by atoms with Crippen LogP contribution in [-0.2, 0) is 0 Å². The zero-order chi connectivity index (χ0) is 16.2. The smallest absolute Gasteiger partial charge is 0.254 e. The van der Waals surface area contributed by atoms with Crippen LogP contribution < -0.4 is 5.32 Å². The lowest BCUT2D eigenvalue weighted by atomic mass is 10.0. The number of anilines is 1. The number of hydrogen-bond donors (Lipinski definition) is 1. The SMILES string of the molecule is O=C(c1cccc(F)c1)N1CCC[C@H](Nc2ccc(F)cc2)C1. The molecule has 1 aliphatic heterocycles. The minimum atomic E-state index is -0.408. The van der Waals surface area contributed by atoms with E-state index >= 15 is 0 Å². The summed E-state index contributed by atoms with van der Waals surface area (Å²) in [6, 6.07) is 12.0. The average molecular weight is 316 g/mol. The molecule has 1 heterocycles. The first-order chi connectivity index (χ1) is 11.1. The monoisotopic (exact) mass is 316 g/mol. The molecule has 1 amide bonds. The predicted molar refractivity (Wildman–Crippen MR) is 85.3 cm³/mol. The van der Waals surface area contributed by atoms with Gasteiger partial charge in [0.25, 0.3) is 5.91 Å². The fraction of sp³-hybridized carbons (Fsp3) is 0.278. The zero-order valence-electron chi connectivity index (χ0n) is 12.6. The van der Waals surface area contributed by atoms with Gasteiger partial charge in [-0.3, -0.25) is 4.79 Å². The highest BCUT2D eigenvalue weighted by Crippen LogP contribution is 2.18. The maximum absolute atomic E-state index is 13.3. The van der Waals surface area contributed by atoms with E-state index in [9.17, 15) is 13.6 Å². The Morgan fingerprint density at radius 2 is 1.87 bits per heavy atom. The molecule has 0 aromatic heterocycles. The van der Waals surface area contributed by atoms with Crippen molar-refractivity contribution in [1.29, 1.82) is 0 Å². The average Bonchev–Trinajstić information content (AvgIpc) is 2.56. The molecule has 1 atom stereocenters. The van der Waals surface area contributed by atoms with E-state index in [0.29, 0.717) is 18.7 Å². The molecule has 3 nitrogen and oxygen atoms in total. The number of rotatable bonds is 3. The number of halogens is 2.